The molecule has 110 valence electrons. The molecule has 2 aromatic rings. The smallest absolute Gasteiger partial charge is 0.172 e. The molecule has 0 bridgehead atoms. The fourth-order valence-corrected chi connectivity index (χ4v) is 2.23. The van der Waals surface area contributed by atoms with Crippen LogP contribution in [0.4, 0.5) is 20.2 Å². The van der Waals surface area contributed by atoms with E-state index in [0.717, 1.165) is 11.6 Å². The fraction of sp³-hybridized carbons (Fsp3) is 0.125. The summed E-state index contributed by atoms with van der Waals surface area (Å²) in [5.74, 6) is -1.61. The van der Waals surface area contributed by atoms with E-state index in [1.54, 1.807) is 13.1 Å². The van der Waals surface area contributed by atoms with Gasteiger partial charge in [0, 0.05) is 23.3 Å². The number of hydrogen-bond donors (Lipinski definition) is 1. The third kappa shape index (κ3) is 2.85. The Kier molecular flexibility index (Phi) is 4.19. The molecule has 2 aromatic carbocycles. The molecule has 0 amide bonds. The zero-order chi connectivity index (χ0) is 15.7. The van der Waals surface area contributed by atoms with E-state index in [4.69, 9.17) is 17.3 Å². The molecule has 0 aromatic heterocycles. The van der Waals surface area contributed by atoms with Crippen molar-refractivity contribution < 1.29 is 8.78 Å². The Morgan fingerprint density at radius 2 is 1.90 bits per heavy atom. The van der Waals surface area contributed by atoms with Crippen LogP contribution in [0.1, 0.15) is 11.1 Å². The molecule has 21 heavy (non-hydrogen) atoms. The van der Waals surface area contributed by atoms with Crippen LogP contribution in [0.3, 0.4) is 0 Å². The zero-order valence-corrected chi connectivity index (χ0v) is 12.5. The van der Waals surface area contributed by atoms with Gasteiger partial charge in [-0.3, -0.25) is 0 Å². The number of nitrogens with two attached hydrogens (primary N) is 1. The van der Waals surface area contributed by atoms with Crippen molar-refractivity contribution in [3.63, 3.8) is 0 Å². The Morgan fingerprint density at radius 3 is 2.57 bits per heavy atom. The van der Waals surface area contributed by atoms with Crippen molar-refractivity contribution in [1.82, 2.24) is 0 Å². The molecule has 0 heterocycles. The summed E-state index contributed by atoms with van der Waals surface area (Å²) in [6.07, 6.45) is 0. The Hall–Kier alpha value is -2.07. The van der Waals surface area contributed by atoms with Crippen LogP contribution in [-0.4, -0.2) is 7.05 Å². The maximum atomic E-state index is 14.1. The van der Waals surface area contributed by atoms with Gasteiger partial charge in [-0.05, 0) is 31.2 Å². The molecule has 2 nitrogen and oxygen atoms in total. The molecule has 2 N–H and O–H groups in total. The predicted octanol–water partition coefficient (Wildman–Crippen LogP) is 4.62. The van der Waals surface area contributed by atoms with E-state index in [1.165, 1.54) is 11.0 Å². The molecule has 5 heteroatoms. The minimum Gasteiger partial charge on any atom is -0.394 e. The van der Waals surface area contributed by atoms with Gasteiger partial charge in [-0.2, -0.15) is 0 Å². The van der Waals surface area contributed by atoms with Crippen LogP contribution in [0.5, 0.6) is 0 Å². The average Bonchev–Trinajstić information content (AvgIpc) is 2.46. The Balaban J connectivity index is 2.45. The summed E-state index contributed by atoms with van der Waals surface area (Å²) in [4.78, 5) is 1.49. The van der Waals surface area contributed by atoms with Gasteiger partial charge in [0.05, 0.1) is 5.69 Å². The van der Waals surface area contributed by atoms with Crippen LogP contribution in [0.2, 0.25) is 5.02 Å². The maximum absolute atomic E-state index is 14.1. The van der Waals surface area contributed by atoms with Crippen LogP contribution in [0, 0.1) is 18.6 Å². The predicted molar refractivity (Wildman–Crippen MR) is 84.4 cm³/mol. The SMILES string of the molecule is C=C(c1cc(C)ccc1Cl)N(C)c1ccc(F)c(N)c1F. The number of hydrogen-bond acceptors (Lipinski definition) is 2. The van der Waals surface area contributed by atoms with E-state index in [2.05, 4.69) is 6.58 Å². The summed E-state index contributed by atoms with van der Waals surface area (Å²) < 4.78 is 27.3. The lowest BCUT2D eigenvalue weighted by atomic mass is 10.1. The van der Waals surface area contributed by atoms with Gasteiger partial charge in [0.15, 0.2) is 5.82 Å². The van der Waals surface area contributed by atoms with Gasteiger partial charge in [-0.1, -0.05) is 29.8 Å². The number of halogens is 3. The number of nitrogen functional groups attached to an aromatic ring is 1. The number of benzene rings is 2. The van der Waals surface area contributed by atoms with Gasteiger partial charge < -0.3 is 10.6 Å². The minimum absolute atomic E-state index is 0.136. The van der Waals surface area contributed by atoms with E-state index < -0.39 is 17.3 Å². The van der Waals surface area contributed by atoms with Gasteiger partial charge in [0.1, 0.15) is 11.5 Å². The van der Waals surface area contributed by atoms with Crippen molar-refractivity contribution in [2.75, 3.05) is 17.7 Å². The first-order chi connectivity index (χ1) is 9.82. The highest BCUT2D eigenvalue weighted by Gasteiger charge is 2.17. The maximum Gasteiger partial charge on any atom is 0.172 e. The molecule has 0 spiro atoms. The summed E-state index contributed by atoms with van der Waals surface area (Å²) >= 11 is 6.15. The fourth-order valence-electron chi connectivity index (χ4n) is 2.00. The van der Waals surface area contributed by atoms with Crippen molar-refractivity contribution in [3.8, 4) is 0 Å². The van der Waals surface area contributed by atoms with Gasteiger partial charge >= 0.3 is 0 Å². The molecule has 0 unspecified atom stereocenters. The van der Waals surface area contributed by atoms with Gasteiger partial charge in [-0.25, -0.2) is 8.78 Å². The largest absolute Gasteiger partial charge is 0.394 e. The molecule has 0 saturated carbocycles. The lowest BCUT2D eigenvalue weighted by Crippen LogP contribution is -2.17. The number of rotatable bonds is 3. The van der Waals surface area contributed by atoms with Gasteiger partial charge in [0.25, 0.3) is 0 Å². The molecule has 0 aliphatic heterocycles. The van der Waals surface area contributed by atoms with E-state index in [0.29, 0.717) is 16.3 Å². The van der Waals surface area contributed by atoms with E-state index in [9.17, 15) is 8.78 Å². The second-order valence-electron chi connectivity index (χ2n) is 4.78. The standard InChI is InChI=1S/C16H15ClF2N2/c1-9-4-5-12(17)11(8-9)10(2)21(3)14-7-6-13(18)16(20)15(14)19/h4-8H,2,20H2,1,3H3. The molecule has 0 fully saturated rings. The van der Waals surface area contributed by atoms with Crippen LogP contribution in [0.15, 0.2) is 36.9 Å². The van der Waals surface area contributed by atoms with E-state index in [1.807, 2.05) is 19.1 Å². The molecular weight excluding hydrogens is 294 g/mol. The zero-order valence-electron chi connectivity index (χ0n) is 11.8. The summed E-state index contributed by atoms with van der Waals surface area (Å²) in [7, 11) is 1.62. The van der Waals surface area contributed by atoms with Gasteiger partial charge in [-0.15, -0.1) is 0 Å². The molecule has 0 radical (unpaired) electrons. The van der Waals surface area contributed by atoms with Crippen molar-refractivity contribution >= 4 is 28.7 Å². The number of aryl methyl sites for hydroxylation is 1. The molecule has 0 aliphatic rings. The highest BCUT2D eigenvalue weighted by Crippen LogP contribution is 2.32. The topological polar surface area (TPSA) is 29.3 Å². The Labute approximate surface area is 127 Å². The second-order valence-corrected chi connectivity index (χ2v) is 5.19. The quantitative estimate of drug-likeness (QED) is 0.839. The first-order valence-corrected chi connectivity index (χ1v) is 6.63. The minimum atomic E-state index is -0.817. The number of anilines is 2. The van der Waals surface area contributed by atoms with E-state index in [-0.39, 0.29) is 5.69 Å². The van der Waals surface area contributed by atoms with Crippen LogP contribution >= 0.6 is 11.6 Å². The highest BCUT2D eigenvalue weighted by atomic mass is 35.5. The summed E-state index contributed by atoms with van der Waals surface area (Å²) in [6, 6.07) is 7.91. The summed E-state index contributed by atoms with van der Waals surface area (Å²) in [5, 5.41) is 0.507. The molecular formula is C16H15ClF2N2. The Bertz CT molecular complexity index is 714. The third-order valence-electron chi connectivity index (χ3n) is 3.31. The monoisotopic (exact) mass is 308 g/mol. The second kappa shape index (κ2) is 5.74. The van der Waals surface area contributed by atoms with Crippen LogP contribution in [0.25, 0.3) is 5.70 Å². The van der Waals surface area contributed by atoms with E-state index >= 15 is 0 Å². The first kappa shape index (κ1) is 15.3. The number of nitrogens with zero attached hydrogens (tertiary/aromatic N) is 1. The van der Waals surface area contributed by atoms with Crippen molar-refractivity contribution in [3.05, 3.63) is 64.7 Å². The third-order valence-corrected chi connectivity index (χ3v) is 3.63. The van der Waals surface area contributed by atoms with Crippen molar-refractivity contribution in [2.24, 2.45) is 0 Å². The molecule has 0 saturated heterocycles. The summed E-state index contributed by atoms with van der Waals surface area (Å²) in [5.41, 5.74) is 7.18. The lowest BCUT2D eigenvalue weighted by Gasteiger charge is -2.24. The molecule has 0 atom stereocenters. The first-order valence-electron chi connectivity index (χ1n) is 6.25. The average molecular weight is 309 g/mol. The molecule has 0 aliphatic carbocycles. The van der Waals surface area contributed by atoms with Crippen molar-refractivity contribution in [1.29, 1.82) is 0 Å². The lowest BCUT2D eigenvalue weighted by molar-refractivity contribution is 0.592. The van der Waals surface area contributed by atoms with Crippen LogP contribution < -0.4 is 10.6 Å². The highest BCUT2D eigenvalue weighted by molar-refractivity contribution is 6.32. The Morgan fingerprint density at radius 1 is 1.24 bits per heavy atom. The van der Waals surface area contributed by atoms with Gasteiger partial charge in [0.2, 0.25) is 0 Å². The van der Waals surface area contributed by atoms with Crippen LogP contribution in [-0.2, 0) is 0 Å². The summed E-state index contributed by atoms with van der Waals surface area (Å²) in [6.45, 7) is 5.86. The molecule has 2 rings (SSSR count). The van der Waals surface area contributed by atoms with Crippen molar-refractivity contribution in [2.45, 2.75) is 6.92 Å². The normalized spacial score (nSPS) is 10.5.